The highest BCUT2D eigenvalue weighted by Crippen LogP contribution is 2.29. The third-order valence-electron chi connectivity index (χ3n) is 9.42. The third kappa shape index (κ3) is 12.8. The molecule has 3 amide bonds. The van der Waals surface area contributed by atoms with Crippen molar-refractivity contribution in [1.82, 2.24) is 20.9 Å². The molecule has 0 aromatic heterocycles. The summed E-state index contributed by atoms with van der Waals surface area (Å²) >= 11 is 0. The lowest BCUT2D eigenvalue weighted by atomic mass is 9.81. The third-order valence-corrected chi connectivity index (χ3v) is 9.42. The number of carbonyl (C=O) groups is 3. The standard InChI is InChI=1S/C37H59N7O5/c1-26(2)22-29(25-41-31(16-10-11-19-38)35(47)44-20-17-37(40,18-21-44)36(3,48)49)42-34(46)32(24-28-14-8-5-9-15-28)43-33(45)30(39)23-27-12-6-4-7-13-27/h4-9,12-15,26,29-32,41,48-49H,10-11,16-25,38-40H2,1-3H3,(H,42,46)(H,43,45)/t29-,30-,31-,32-/m1/s1. The highest BCUT2D eigenvalue weighted by molar-refractivity contribution is 5.90. The SMILES string of the molecule is CC(C)C[C@H](CN[C@H](CCCCN)C(=O)N1CCC(N)(C(C)(O)O)CC1)NC(=O)[C@@H](Cc1ccccc1)NC(=O)[C@H](N)Cc1ccccc1. The van der Waals surface area contributed by atoms with Crippen LogP contribution < -0.4 is 33.2 Å². The number of carbonyl (C=O) groups excluding carboxylic acids is 3. The van der Waals surface area contributed by atoms with E-state index in [1.807, 2.05) is 60.7 Å². The molecule has 0 spiro atoms. The number of rotatable bonds is 19. The number of nitrogens with zero attached hydrogens (tertiary/aromatic N) is 1. The molecule has 0 saturated carbocycles. The summed E-state index contributed by atoms with van der Waals surface area (Å²) < 4.78 is 0. The topological polar surface area (TPSA) is 209 Å². The first kappa shape index (κ1) is 40.0. The quantitative estimate of drug-likeness (QED) is 0.0782. The Bertz CT molecular complexity index is 1300. The van der Waals surface area contributed by atoms with Gasteiger partial charge in [-0.1, -0.05) is 80.9 Å². The molecule has 0 bridgehead atoms. The molecular formula is C37H59N7O5. The van der Waals surface area contributed by atoms with Crippen molar-refractivity contribution in [3.05, 3.63) is 71.8 Å². The van der Waals surface area contributed by atoms with Gasteiger partial charge in [-0.25, -0.2) is 0 Å². The summed E-state index contributed by atoms with van der Waals surface area (Å²) in [4.78, 5) is 42.6. The van der Waals surface area contributed by atoms with E-state index in [0.717, 1.165) is 24.0 Å². The molecular weight excluding hydrogens is 622 g/mol. The van der Waals surface area contributed by atoms with Crippen molar-refractivity contribution in [3.63, 3.8) is 0 Å². The number of hydrogen-bond donors (Lipinski definition) is 8. The van der Waals surface area contributed by atoms with E-state index in [4.69, 9.17) is 17.2 Å². The van der Waals surface area contributed by atoms with Crippen molar-refractivity contribution in [3.8, 4) is 0 Å². The second kappa shape index (κ2) is 19.1. The van der Waals surface area contributed by atoms with Crippen LogP contribution in [0.25, 0.3) is 0 Å². The van der Waals surface area contributed by atoms with Crippen molar-refractivity contribution in [1.29, 1.82) is 0 Å². The summed E-state index contributed by atoms with van der Waals surface area (Å²) in [6.07, 6.45) is 3.87. The second-order valence-electron chi connectivity index (χ2n) is 14.1. The maximum atomic E-state index is 13.9. The minimum absolute atomic E-state index is 0.0899. The van der Waals surface area contributed by atoms with Crippen molar-refractivity contribution in [2.75, 3.05) is 26.2 Å². The lowest BCUT2D eigenvalue weighted by Crippen LogP contribution is -2.65. The van der Waals surface area contributed by atoms with Crippen LogP contribution in [0.3, 0.4) is 0 Å². The van der Waals surface area contributed by atoms with E-state index < -0.39 is 35.4 Å². The van der Waals surface area contributed by atoms with Gasteiger partial charge in [0.15, 0.2) is 5.79 Å². The smallest absolute Gasteiger partial charge is 0.243 e. The Balaban J connectivity index is 1.72. The Morgan fingerprint density at radius 3 is 1.98 bits per heavy atom. The highest BCUT2D eigenvalue weighted by atomic mass is 16.5. The van der Waals surface area contributed by atoms with Gasteiger partial charge in [0.2, 0.25) is 17.7 Å². The number of unbranched alkanes of at least 4 members (excludes halogenated alkanes) is 1. The van der Waals surface area contributed by atoms with Gasteiger partial charge in [0.1, 0.15) is 6.04 Å². The molecule has 4 atom stereocenters. The van der Waals surface area contributed by atoms with Gasteiger partial charge in [0, 0.05) is 32.1 Å². The van der Waals surface area contributed by atoms with E-state index in [2.05, 4.69) is 29.8 Å². The summed E-state index contributed by atoms with van der Waals surface area (Å²) in [7, 11) is 0. The van der Waals surface area contributed by atoms with Gasteiger partial charge in [-0.2, -0.15) is 0 Å². The normalized spacial score (nSPS) is 17.2. The number of piperidine rings is 1. The Labute approximate surface area is 291 Å². The summed E-state index contributed by atoms with van der Waals surface area (Å²) in [5, 5.41) is 29.8. The second-order valence-corrected chi connectivity index (χ2v) is 14.1. The largest absolute Gasteiger partial charge is 0.364 e. The van der Waals surface area contributed by atoms with Crippen molar-refractivity contribution < 1.29 is 24.6 Å². The number of likely N-dealkylation sites (tertiary alicyclic amines) is 1. The van der Waals surface area contributed by atoms with Gasteiger partial charge in [-0.3, -0.25) is 14.4 Å². The zero-order chi connectivity index (χ0) is 36.0. The number of nitrogens with one attached hydrogen (secondary N) is 3. The number of aliphatic hydroxyl groups is 2. The van der Waals surface area contributed by atoms with Crippen LogP contribution in [-0.2, 0) is 27.2 Å². The lowest BCUT2D eigenvalue weighted by molar-refractivity contribution is -0.206. The van der Waals surface area contributed by atoms with Crippen LogP contribution in [0.4, 0.5) is 0 Å². The lowest BCUT2D eigenvalue weighted by Gasteiger charge is -2.45. The zero-order valence-corrected chi connectivity index (χ0v) is 29.4. The molecule has 49 heavy (non-hydrogen) atoms. The molecule has 2 aromatic rings. The molecule has 272 valence electrons. The van der Waals surface area contributed by atoms with Crippen LogP contribution in [0.1, 0.15) is 70.4 Å². The molecule has 11 N–H and O–H groups in total. The maximum Gasteiger partial charge on any atom is 0.243 e. The Hall–Kier alpha value is -3.39. The molecule has 0 radical (unpaired) electrons. The molecule has 1 fully saturated rings. The fourth-order valence-electron chi connectivity index (χ4n) is 6.27. The molecule has 0 unspecified atom stereocenters. The van der Waals surface area contributed by atoms with Crippen LogP contribution in [0, 0.1) is 5.92 Å². The maximum absolute atomic E-state index is 13.9. The first-order valence-electron chi connectivity index (χ1n) is 17.6. The molecule has 1 aliphatic rings. The molecule has 1 heterocycles. The molecule has 1 saturated heterocycles. The first-order chi connectivity index (χ1) is 23.2. The van der Waals surface area contributed by atoms with Gasteiger partial charge in [0.05, 0.1) is 17.6 Å². The highest BCUT2D eigenvalue weighted by Gasteiger charge is 2.46. The van der Waals surface area contributed by atoms with Gasteiger partial charge in [-0.15, -0.1) is 0 Å². The van der Waals surface area contributed by atoms with Gasteiger partial charge < -0.3 is 48.3 Å². The van der Waals surface area contributed by atoms with E-state index in [-0.39, 0.29) is 43.0 Å². The summed E-state index contributed by atoms with van der Waals surface area (Å²) in [6, 6.07) is 16.5. The van der Waals surface area contributed by atoms with E-state index >= 15 is 0 Å². The minimum atomic E-state index is -2.05. The summed E-state index contributed by atoms with van der Waals surface area (Å²) in [5.74, 6) is -2.63. The number of benzene rings is 2. The molecule has 12 heteroatoms. The predicted octanol–water partition coefficient (Wildman–Crippen LogP) is 0.923. The average molecular weight is 682 g/mol. The average Bonchev–Trinajstić information content (AvgIpc) is 3.06. The molecule has 3 rings (SSSR count). The van der Waals surface area contributed by atoms with E-state index in [1.54, 1.807) is 4.90 Å². The van der Waals surface area contributed by atoms with Crippen molar-refractivity contribution in [2.24, 2.45) is 23.1 Å². The van der Waals surface area contributed by atoms with Crippen LogP contribution in [0.2, 0.25) is 0 Å². The fourth-order valence-corrected chi connectivity index (χ4v) is 6.27. The summed E-state index contributed by atoms with van der Waals surface area (Å²) in [5.41, 5.74) is 18.9. The van der Waals surface area contributed by atoms with Crippen molar-refractivity contribution >= 4 is 17.7 Å². The molecule has 2 aromatic carbocycles. The van der Waals surface area contributed by atoms with Gasteiger partial charge in [-0.05, 0) is 69.0 Å². The van der Waals surface area contributed by atoms with Gasteiger partial charge >= 0.3 is 0 Å². The fraction of sp³-hybridized carbons (Fsp3) is 0.595. The summed E-state index contributed by atoms with van der Waals surface area (Å²) in [6.45, 7) is 6.88. The molecule has 1 aliphatic heterocycles. The van der Waals surface area contributed by atoms with Crippen molar-refractivity contribution in [2.45, 2.75) is 108 Å². The van der Waals surface area contributed by atoms with Gasteiger partial charge in [0.25, 0.3) is 0 Å². The van der Waals surface area contributed by atoms with Crippen LogP contribution in [-0.4, -0.2) is 94.5 Å². The van der Waals surface area contributed by atoms with Crippen LogP contribution in [0.5, 0.6) is 0 Å². The van der Waals surface area contributed by atoms with Crippen LogP contribution in [0.15, 0.2) is 60.7 Å². The molecule has 12 nitrogen and oxygen atoms in total. The Morgan fingerprint density at radius 1 is 0.878 bits per heavy atom. The van der Waals surface area contributed by atoms with E-state index in [1.165, 1.54) is 6.92 Å². The van der Waals surface area contributed by atoms with E-state index in [0.29, 0.717) is 45.4 Å². The zero-order valence-electron chi connectivity index (χ0n) is 29.4. The van der Waals surface area contributed by atoms with E-state index in [9.17, 15) is 24.6 Å². The predicted molar refractivity (Wildman–Crippen MR) is 192 cm³/mol. The first-order valence-corrected chi connectivity index (χ1v) is 17.6. The Morgan fingerprint density at radius 2 is 1.45 bits per heavy atom. The minimum Gasteiger partial charge on any atom is -0.364 e. The van der Waals surface area contributed by atoms with Crippen LogP contribution >= 0.6 is 0 Å². The monoisotopic (exact) mass is 681 g/mol. The Kier molecular flexibility index (Phi) is 15.6. The number of nitrogens with two attached hydrogens (primary N) is 3. The number of hydrogen-bond acceptors (Lipinski definition) is 9. The molecule has 0 aliphatic carbocycles. The number of amides is 3.